The number of aromatic amines is 1. The van der Waals surface area contributed by atoms with E-state index in [1.165, 1.54) is 18.3 Å². The van der Waals surface area contributed by atoms with Crippen molar-refractivity contribution in [2.75, 3.05) is 44.4 Å². The van der Waals surface area contributed by atoms with E-state index in [0.29, 0.717) is 37.7 Å². The topological polar surface area (TPSA) is 226 Å². The van der Waals surface area contributed by atoms with Crippen LogP contribution in [0.5, 0.6) is 0 Å². The third-order valence-electron chi connectivity index (χ3n) is 5.44. The van der Waals surface area contributed by atoms with Crippen molar-refractivity contribution in [3.63, 3.8) is 0 Å². The van der Waals surface area contributed by atoms with Crippen LogP contribution in [-0.4, -0.2) is 82.2 Å². The summed E-state index contributed by atoms with van der Waals surface area (Å²) in [5.41, 5.74) is 6.60. The number of carbonyl (C=O) groups excluding carboxylic acids is 2. The third-order valence-corrected chi connectivity index (χ3v) is 5.44. The fourth-order valence-corrected chi connectivity index (χ4v) is 3.39. The lowest BCUT2D eigenvalue weighted by molar-refractivity contribution is -0.139. The maximum Gasteiger partial charge on any atom is 0.326 e. The molecule has 2 amide bonds. The average Bonchev–Trinajstić information content (AvgIpc) is 2.91. The van der Waals surface area contributed by atoms with Gasteiger partial charge in [-0.3, -0.25) is 19.4 Å². The summed E-state index contributed by atoms with van der Waals surface area (Å²) < 4.78 is 5.30. The molecule has 39 heavy (non-hydrogen) atoms. The minimum atomic E-state index is -1.24. The maximum atomic E-state index is 12.6. The molecule has 3 rings (SSSR count). The Morgan fingerprint density at radius 1 is 1.13 bits per heavy atom. The number of fused-ring (bicyclic) bond motifs is 1. The highest BCUT2D eigenvalue weighted by Crippen LogP contribution is 2.12. The van der Waals surface area contributed by atoms with Crippen LogP contribution in [0.4, 0.5) is 11.6 Å². The number of nitrogens with zero attached hydrogens (tertiary/aromatic N) is 3. The molecular weight excluding hydrogens is 510 g/mol. The molecule has 0 bridgehead atoms. The van der Waals surface area contributed by atoms with E-state index < -0.39 is 23.5 Å². The molecule has 0 radical (unpaired) electrons. The highest BCUT2D eigenvalue weighted by molar-refractivity contribution is 5.97. The van der Waals surface area contributed by atoms with Crippen LogP contribution in [0.25, 0.3) is 11.2 Å². The first-order valence-electron chi connectivity index (χ1n) is 12.1. The number of aliphatic carboxylic acids is 1. The van der Waals surface area contributed by atoms with Gasteiger partial charge in [-0.1, -0.05) is 0 Å². The molecule has 0 aliphatic heterocycles. The van der Waals surface area contributed by atoms with Gasteiger partial charge in [-0.25, -0.2) is 14.8 Å². The van der Waals surface area contributed by atoms with Crippen molar-refractivity contribution in [2.45, 2.75) is 25.4 Å². The zero-order chi connectivity index (χ0) is 28.2. The number of carboxylic acid groups (broad SMARTS) is 1. The fraction of sp³-hybridized carbons (Fsp3) is 0.375. The molecule has 0 aliphatic rings. The highest BCUT2D eigenvalue weighted by atomic mass is 16.5. The number of benzene rings is 1. The summed E-state index contributed by atoms with van der Waals surface area (Å²) in [5.74, 6) is -2.20. The number of carboxylic acids is 1. The number of amides is 2. The zero-order valence-electron chi connectivity index (χ0n) is 21.3. The largest absolute Gasteiger partial charge is 0.480 e. The number of carbonyl (C=O) groups is 3. The first kappa shape index (κ1) is 28.9. The van der Waals surface area contributed by atoms with Gasteiger partial charge in [0.2, 0.25) is 11.9 Å². The molecule has 1 unspecified atom stereocenters. The van der Waals surface area contributed by atoms with Gasteiger partial charge in [-0.15, -0.1) is 0 Å². The van der Waals surface area contributed by atoms with E-state index in [9.17, 15) is 24.3 Å². The molecule has 208 valence electrons. The molecule has 0 saturated carbocycles. The number of hydrogen-bond donors (Lipinski definition) is 7. The van der Waals surface area contributed by atoms with E-state index in [1.54, 1.807) is 19.2 Å². The van der Waals surface area contributed by atoms with Crippen molar-refractivity contribution in [2.24, 2.45) is 0 Å². The van der Waals surface area contributed by atoms with Crippen molar-refractivity contribution >= 4 is 40.6 Å². The SMILES string of the molecule is CNCCOCCNC(=O)CCC(NC(=O)c1ccc(NCc2cnc3nc(N)[nH]c(=O)c3n2)cc1)C(=O)O. The quantitative estimate of drug-likeness (QED) is 0.118. The lowest BCUT2D eigenvalue weighted by Crippen LogP contribution is -2.41. The molecule has 0 spiro atoms. The summed E-state index contributed by atoms with van der Waals surface area (Å²) in [6.07, 6.45) is 1.34. The summed E-state index contributed by atoms with van der Waals surface area (Å²) in [4.78, 5) is 62.8. The molecule has 15 heteroatoms. The molecule has 0 saturated heterocycles. The number of anilines is 2. The van der Waals surface area contributed by atoms with Crippen LogP contribution >= 0.6 is 0 Å². The van der Waals surface area contributed by atoms with Gasteiger partial charge in [0.05, 0.1) is 31.6 Å². The summed E-state index contributed by atoms with van der Waals surface area (Å²) in [6.45, 7) is 2.12. The van der Waals surface area contributed by atoms with E-state index in [0.717, 1.165) is 0 Å². The first-order valence-corrected chi connectivity index (χ1v) is 12.1. The number of H-pyrrole nitrogens is 1. The third kappa shape index (κ3) is 9.01. The average molecular weight is 542 g/mol. The molecule has 2 aromatic heterocycles. The second-order valence-corrected chi connectivity index (χ2v) is 8.38. The van der Waals surface area contributed by atoms with Crippen LogP contribution in [0.15, 0.2) is 35.3 Å². The van der Waals surface area contributed by atoms with E-state index in [1.807, 2.05) is 0 Å². The van der Waals surface area contributed by atoms with Gasteiger partial charge in [0, 0.05) is 30.8 Å². The second kappa shape index (κ2) is 14.3. The van der Waals surface area contributed by atoms with Gasteiger partial charge in [-0.05, 0) is 37.7 Å². The van der Waals surface area contributed by atoms with Gasteiger partial charge < -0.3 is 36.8 Å². The van der Waals surface area contributed by atoms with Gasteiger partial charge in [-0.2, -0.15) is 4.98 Å². The van der Waals surface area contributed by atoms with Gasteiger partial charge in [0.1, 0.15) is 6.04 Å². The Morgan fingerprint density at radius 3 is 2.59 bits per heavy atom. The monoisotopic (exact) mass is 541 g/mol. The predicted octanol–water partition coefficient (Wildman–Crippen LogP) is -0.777. The van der Waals surface area contributed by atoms with Crippen LogP contribution in [0.3, 0.4) is 0 Å². The molecule has 1 atom stereocenters. The Labute approximate surface area is 223 Å². The van der Waals surface area contributed by atoms with E-state index >= 15 is 0 Å². The van der Waals surface area contributed by atoms with Crippen molar-refractivity contribution in [3.05, 3.63) is 52.1 Å². The van der Waals surface area contributed by atoms with Crippen molar-refractivity contribution < 1.29 is 24.2 Å². The van der Waals surface area contributed by atoms with Gasteiger partial charge in [0.25, 0.3) is 11.5 Å². The van der Waals surface area contributed by atoms with E-state index in [2.05, 4.69) is 41.2 Å². The Morgan fingerprint density at radius 2 is 1.87 bits per heavy atom. The van der Waals surface area contributed by atoms with Crippen LogP contribution in [0, 0.1) is 0 Å². The first-order chi connectivity index (χ1) is 18.8. The van der Waals surface area contributed by atoms with E-state index in [-0.39, 0.29) is 48.0 Å². The number of likely N-dealkylation sites (N-methyl/N-ethyl adjacent to an activating group) is 1. The van der Waals surface area contributed by atoms with Gasteiger partial charge >= 0.3 is 5.97 Å². The number of rotatable bonds is 15. The summed E-state index contributed by atoms with van der Waals surface area (Å²) in [7, 11) is 1.81. The number of ether oxygens (including phenoxy) is 1. The molecule has 1 aromatic carbocycles. The molecule has 0 aliphatic carbocycles. The number of hydrogen-bond acceptors (Lipinski definition) is 11. The number of nitrogens with two attached hydrogens (primary N) is 1. The van der Waals surface area contributed by atoms with Crippen LogP contribution in [0.1, 0.15) is 28.9 Å². The number of nitrogen functional groups attached to an aromatic ring is 1. The highest BCUT2D eigenvalue weighted by Gasteiger charge is 2.21. The minimum Gasteiger partial charge on any atom is -0.480 e. The number of aromatic nitrogens is 4. The zero-order valence-corrected chi connectivity index (χ0v) is 21.3. The summed E-state index contributed by atoms with van der Waals surface area (Å²) in [5, 5.41) is 20.6. The molecule has 15 nitrogen and oxygen atoms in total. The standard InChI is InChI=1S/C24H31N9O6/c1-26-8-10-39-11-9-27-18(34)7-6-17(23(37)38)31-21(35)14-2-4-15(5-3-14)28-12-16-13-29-20-19(30-16)22(36)33-24(25)32-20/h2-5,13,17,26,28H,6-12H2,1H3,(H,27,34)(H,31,35)(H,37,38)(H3,25,29,32,33,36). The summed E-state index contributed by atoms with van der Waals surface area (Å²) >= 11 is 0. The second-order valence-electron chi connectivity index (χ2n) is 8.38. The molecule has 2 heterocycles. The Bertz CT molecular complexity index is 1350. The van der Waals surface area contributed by atoms with Crippen LogP contribution < -0.4 is 32.6 Å². The van der Waals surface area contributed by atoms with Crippen LogP contribution in [-0.2, 0) is 20.9 Å². The molecule has 8 N–H and O–H groups in total. The predicted molar refractivity (Wildman–Crippen MR) is 142 cm³/mol. The van der Waals surface area contributed by atoms with E-state index in [4.69, 9.17) is 10.5 Å². The van der Waals surface area contributed by atoms with Gasteiger partial charge in [0.15, 0.2) is 11.2 Å². The Balaban J connectivity index is 1.47. The lowest BCUT2D eigenvalue weighted by Gasteiger charge is -2.15. The fourth-order valence-electron chi connectivity index (χ4n) is 3.39. The molecule has 3 aromatic rings. The van der Waals surface area contributed by atoms with Crippen LogP contribution in [0.2, 0.25) is 0 Å². The minimum absolute atomic E-state index is 0.0470. The summed E-state index contributed by atoms with van der Waals surface area (Å²) in [6, 6.07) is 5.11. The molecular formula is C24H31N9O6. The normalized spacial score (nSPS) is 11.6. The maximum absolute atomic E-state index is 12.6. The smallest absolute Gasteiger partial charge is 0.326 e. The van der Waals surface area contributed by atoms with Crippen molar-refractivity contribution in [1.82, 2.24) is 35.9 Å². The molecule has 0 fully saturated rings. The van der Waals surface area contributed by atoms with Crippen molar-refractivity contribution in [3.8, 4) is 0 Å². The lowest BCUT2D eigenvalue weighted by atomic mass is 10.1. The number of nitrogens with one attached hydrogen (secondary N) is 5. The Kier molecular flexibility index (Phi) is 10.6. The Hall–Kier alpha value is -4.63. The van der Waals surface area contributed by atoms with Crippen molar-refractivity contribution in [1.29, 1.82) is 0 Å².